The number of aromatic nitrogens is 3. The maximum atomic E-state index is 12.6. The summed E-state index contributed by atoms with van der Waals surface area (Å²) in [6, 6.07) is 7.72. The van der Waals surface area contributed by atoms with Gasteiger partial charge in [-0.2, -0.15) is 0 Å². The fraction of sp³-hybridized carbons (Fsp3) is 0.450. The molecule has 4 rings (SSSR count). The van der Waals surface area contributed by atoms with Crippen molar-refractivity contribution in [1.29, 1.82) is 0 Å². The van der Waals surface area contributed by atoms with Crippen molar-refractivity contribution in [2.75, 3.05) is 25.4 Å². The van der Waals surface area contributed by atoms with Crippen molar-refractivity contribution in [2.45, 2.75) is 37.0 Å². The summed E-state index contributed by atoms with van der Waals surface area (Å²) in [6.07, 6.45) is 4.73. The predicted molar refractivity (Wildman–Crippen MR) is 108 cm³/mol. The minimum atomic E-state index is -0.234. The highest BCUT2D eigenvalue weighted by Gasteiger charge is 2.37. The first kappa shape index (κ1) is 19.6. The van der Waals surface area contributed by atoms with Crippen LogP contribution >= 0.6 is 11.8 Å². The summed E-state index contributed by atoms with van der Waals surface area (Å²) in [4.78, 5) is 41.2. The van der Waals surface area contributed by atoms with Gasteiger partial charge in [-0.25, -0.2) is 14.8 Å². The first-order valence-electron chi connectivity index (χ1n) is 9.72. The number of amides is 2. The average Bonchev–Trinajstić information content (AvgIpc) is 3.11. The van der Waals surface area contributed by atoms with E-state index < -0.39 is 0 Å². The van der Waals surface area contributed by atoms with Crippen molar-refractivity contribution in [2.24, 2.45) is 0 Å². The van der Waals surface area contributed by atoms with Crippen LogP contribution < -0.4 is 0 Å². The molecule has 1 atom stereocenters. The zero-order valence-corrected chi connectivity index (χ0v) is 17.0. The topological polar surface area (TPSA) is 88.5 Å². The SMILES string of the molecule is CC1COC(=O)N1C1CCN(C(=O)CSc2nccc(-c3ccccn3)n2)CC1. The van der Waals surface area contributed by atoms with E-state index >= 15 is 0 Å². The van der Waals surface area contributed by atoms with E-state index in [0.29, 0.717) is 30.6 Å². The molecule has 2 aromatic heterocycles. The van der Waals surface area contributed by atoms with Crippen molar-refractivity contribution in [3.8, 4) is 11.4 Å². The van der Waals surface area contributed by atoms with Gasteiger partial charge in [-0.3, -0.25) is 14.7 Å². The van der Waals surface area contributed by atoms with E-state index in [9.17, 15) is 9.59 Å². The van der Waals surface area contributed by atoms with Crippen LogP contribution in [0.1, 0.15) is 19.8 Å². The largest absolute Gasteiger partial charge is 0.447 e. The molecule has 0 spiro atoms. The van der Waals surface area contributed by atoms with Gasteiger partial charge in [0.15, 0.2) is 5.16 Å². The lowest BCUT2D eigenvalue weighted by molar-refractivity contribution is -0.129. The van der Waals surface area contributed by atoms with Gasteiger partial charge in [-0.15, -0.1) is 0 Å². The number of likely N-dealkylation sites (tertiary alicyclic amines) is 1. The summed E-state index contributed by atoms with van der Waals surface area (Å²) >= 11 is 1.33. The van der Waals surface area contributed by atoms with E-state index in [1.54, 1.807) is 12.4 Å². The first-order valence-corrected chi connectivity index (χ1v) is 10.7. The monoisotopic (exact) mass is 413 g/mol. The molecule has 9 heteroatoms. The molecule has 2 amide bonds. The number of carbonyl (C=O) groups excluding carboxylic acids is 2. The fourth-order valence-corrected chi connectivity index (χ4v) is 4.45. The van der Waals surface area contributed by atoms with Crippen LogP contribution in [0.15, 0.2) is 41.8 Å². The number of pyridine rings is 1. The van der Waals surface area contributed by atoms with Crippen LogP contribution in [0.3, 0.4) is 0 Å². The van der Waals surface area contributed by atoms with Crippen molar-refractivity contribution in [3.63, 3.8) is 0 Å². The summed E-state index contributed by atoms with van der Waals surface area (Å²) in [5.41, 5.74) is 1.52. The van der Waals surface area contributed by atoms with Crippen LogP contribution in [0.5, 0.6) is 0 Å². The van der Waals surface area contributed by atoms with E-state index in [0.717, 1.165) is 24.2 Å². The van der Waals surface area contributed by atoms with Crippen molar-refractivity contribution >= 4 is 23.8 Å². The molecule has 8 nitrogen and oxygen atoms in total. The van der Waals surface area contributed by atoms with E-state index in [1.807, 2.05) is 41.0 Å². The average molecular weight is 414 g/mol. The molecule has 2 aliphatic heterocycles. The number of cyclic esters (lactones) is 1. The zero-order chi connectivity index (χ0) is 20.2. The Balaban J connectivity index is 1.29. The summed E-state index contributed by atoms with van der Waals surface area (Å²) in [6.45, 7) is 3.75. The Bertz CT molecular complexity index is 873. The minimum absolute atomic E-state index is 0.0670. The molecule has 2 saturated heterocycles. The Morgan fingerprint density at radius 1 is 1.17 bits per heavy atom. The third kappa shape index (κ3) is 4.50. The van der Waals surface area contributed by atoms with Gasteiger partial charge in [0.2, 0.25) is 5.91 Å². The summed E-state index contributed by atoms with van der Waals surface area (Å²) in [5, 5.41) is 0.560. The molecule has 0 aliphatic carbocycles. The number of ether oxygens (including phenoxy) is 1. The van der Waals surface area contributed by atoms with Crippen LogP contribution in [-0.4, -0.2) is 74.3 Å². The van der Waals surface area contributed by atoms with Gasteiger partial charge in [-0.1, -0.05) is 17.8 Å². The Morgan fingerprint density at radius 3 is 2.69 bits per heavy atom. The van der Waals surface area contributed by atoms with Crippen molar-refractivity contribution in [1.82, 2.24) is 24.8 Å². The molecule has 2 fully saturated rings. The minimum Gasteiger partial charge on any atom is -0.447 e. The Hall–Kier alpha value is -2.68. The lowest BCUT2D eigenvalue weighted by atomic mass is 10.0. The second-order valence-electron chi connectivity index (χ2n) is 7.17. The maximum Gasteiger partial charge on any atom is 0.410 e. The number of hydrogen-bond acceptors (Lipinski definition) is 7. The Kier molecular flexibility index (Phi) is 5.94. The van der Waals surface area contributed by atoms with Gasteiger partial charge >= 0.3 is 6.09 Å². The molecule has 2 aromatic rings. The molecular weight excluding hydrogens is 390 g/mol. The summed E-state index contributed by atoms with van der Waals surface area (Å²) in [5.74, 6) is 0.357. The van der Waals surface area contributed by atoms with Gasteiger partial charge in [0.05, 0.1) is 23.2 Å². The second kappa shape index (κ2) is 8.77. The molecule has 29 heavy (non-hydrogen) atoms. The molecule has 0 bridgehead atoms. The molecule has 1 unspecified atom stereocenters. The first-order chi connectivity index (χ1) is 14.1. The normalized spacial score (nSPS) is 20.0. The van der Waals surface area contributed by atoms with Crippen LogP contribution in [0.4, 0.5) is 4.79 Å². The summed E-state index contributed by atoms with van der Waals surface area (Å²) in [7, 11) is 0. The molecule has 0 N–H and O–H groups in total. The molecular formula is C20H23N5O3S. The maximum absolute atomic E-state index is 12.6. The van der Waals surface area contributed by atoms with Crippen LogP contribution in [-0.2, 0) is 9.53 Å². The van der Waals surface area contributed by atoms with Gasteiger partial charge < -0.3 is 9.64 Å². The smallest absolute Gasteiger partial charge is 0.410 e. The van der Waals surface area contributed by atoms with Gasteiger partial charge in [0, 0.05) is 31.5 Å². The van der Waals surface area contributed by atoms with Crippen LogP contribution in [0.25, 0.3) is 11.4 Å². The fourth-order valence-electron chi connectivity index (χ4n) is 3.71. The molecule has 0 radical (unpaired) electrons. The lowest BCUT2D eigenvalue weighted by Crippen LogP contribution is -2.49. The van der Waals surface area contributed by atoms with Gasteiger partial charge in [0.1, 0.15) is 6.61 Å². The van der Waals surface area contributed by atoms with E-state index in [1.165, 1.54) is 11.8 Å². The number of hydrogen-bond donors (Lipinski definition) is 0. The van der Waals surface area contributed by atoms with Crippen LogP contribution in [0.2, 0.25) is 0 Å². The highest BCUT2D eigenvalue weighted by atomic mass is 32.2. The number of carbonyl (C=O) groups is 2. The standard InChI is InChI=1S/C20H23N5O3S/c1-14-12-28-20(27)25(14)15-6-10-24(11-7-15)18(26)13-29-19-22-9-5-17(23-19)16-4-2-3-8-21-16/h2-5,8-9,14-15H,6-7,10-13H2,1H3. The second-order valence-corrected chi connectivity index (χ2v) is 8.12. The zero-order valence-electron chi connectivity index (χ0n) is 16.2. The van der Waals surface area contributed by atoms with Crippen LogP contribution in [0, 0.1) is 0 Å². The molecule has 152 valence electrons. The Morgan fingerprint density at radius 2 is 2.00 bits per heavy atom. The number of nitrogens with zero attached hydrogens (tertiary/aromatic N) is 5. The molecule has 0 saturated carbocycles. The van der Waals surface area contributed by atoms with Gasteiger partial charge in [-0.05, 0) is 38.0 Å². The predicted octanol–water partition coefficient (Wildman–Crippen LogP) is 2.46. The number of rotatable bonds is 5. The highest BCUT2D eigenvalue weighted by Crippen LogP contribution is 2.25. The van der Waals surface area contributed by atoms with E-state index in [4.69, 9.17) is 4.74 Å². The third-order valence-corrected chi connectivity index (χ3v) is 6.08. The van der Waals surface area contributed by atoms with Crippen molar-refractivity contribution < 1.29 is 14.3 Å². The lowest BCUT2D eigenvalue weighted by Gasteiger charge is -2.37. The third-order valence-electron chi connectivity index (χ3n) is 5.23. The highest BCUT2D eigenvalue weighted by molar-refractivity contribution is 7.99. The summed E-state index contributed by atoms with van der Waals surface area (Å²) < 4.78 is 5.12. The number of thioether (sulfide) groups is 1. The van der Waals surface area contributed by atoms with E-state index in [-0.39, 0.29) is 24.1 Å². The quantitative estimate of drug-likeness (QED) is 0.549. The Labute approximate surface area is 173 Å². The molecule has 2 aliphatic rings. The van der Waals surface area contributed by atoms with Gasteiger partial charge in [0.25, 0.3) is 0 Å². The van der Waals surface area contributed by atoms with E-state index in [2.05, 4.69) is 15.0 Å². The molecule has 0 aromatic carbocycles. The molecule has 4 heterocycles. The van der Waals surface area contributed by atoms with Crippen molar-refractivity contribution in [3.05, 3.63) is 36.7 Å². The number of piperidine rings is 1.